The topological polar surface area (TPSA) is 66.5 Å². The van der Waals surface area contributed by atoms with Crippen LogP contribution in [-0.2, 0) is 14.4 Å². The predicted octanol–water partition coefficient (Wildman–Crippen LogP) is 2.64. The third-order valence-corrected chi connectivity index (χ3v) is 4.03. The Bertz CT molecular complexity index is 781. The van der Waals surface area contributed by atoms with Crippen LogP contribution in [0.4, 0.5) is 18.9 Å². The highest BCUT2D eigenvalue weighted by Gasteiger charge is 2.69. The Hall–Kier alpha value is -2.64. The average molecular weight is 354 g/mol. The first-order valence-electron chi connectivity index (χ1n) is 7.42. The first kappa shape index (κ1) is 18.7. The van der Waals surface area contributed by atoms with Crippen molar-refractivity contribution in [1.29, 1.82) is 0 Å². The number of hydrogen-bond acceptors (Lipinski definition) is 3. The lowest BCUT2D eigenvalue weighted by Crippen LogP contribution is -2.65. The number of carbonyl (C=O) groups excluding carboxylic acids is 3. The first-order chi connectivity index (χ1) is 11.4. The number of allylic oxidation sites excluding steroid dienone is 1. The molecule has 0 aliphatic carbocycles. The number of Topliss-reactive ketones (excluding diaryl/α,β-unsaturated/α-hetero) is 1. The number of hydrogen-bond donors (Lipinski definition) is 1. The largest absolute Gasteiger partial charge is 0.425 e. The Morgan fingerprint density at radius 2 is 1.60 bits per heavy atom. The van der Waals surface area contributed by atoms with E-state index in [1.54, 1.807) is 24.4 Å². The van der Waals surface area contributed by atoms with E-state index >= 15 is 0 Å². The summed E-state index contributed by atoms with van der Waals surface area (Å²) in [6.07, 6.45) is -5.18. The summed E-state index contributed by atoms with van der Waals surface area (Å²) in [4.78, 5) is 37.1. The number of alkyl halides is 3. The Morgan fingerprint density at radius 1 is 1.08 bits per heavy atom. The number of carbonyl (C=O) groups is 3. The van der Waals surface area contributed by atoms with Crippen LogP contribution in [0.3, 0.4) is 0 Å². The lowest BCUT2D eigenvalue weighted by atomic mass is 9.87. The normalized spacial score (nSPS) is 20.9. The molecule has 25 heavy (non-hydrogen) atoms. The number of nitrogens with one attached hydrogen (secondary N) is 1. The van der Waals surface area contributed by atoms with Gasteiger partial charge >= 0.3 is 6.18 Å². The van der Waals surface area contributed by atoms with E-state index in [2.05, 4.69) is 0 Å². The van der Waals surface area contributed by atoms with Crippen LogP contribution in [0.5, 0.6) is 0 Å². The van der Waals surface area contributed by atoms with E-state index in [9.17, 15) is 27.6 Å². The Morgan fingerprint density at radius 3 is 2.00 bits per heavy atom. The molecule has 0 aromatic heterocycles. The van der Waals surface area contributed by atoms with Gasteiger partial charge < -0.3 is 5.32 Å². The molecule has 8 heteroatoms. The second kappa shape index (κ2) is 6.02. The van der Waals surface area contributed by atoms with Gasteiger partial charge in [-0.25, -0.2) is 0 Å². The van der Waals surface area contributed by atoms with Gasteiger partial charge in [-0.05, 0) is 32.9 Å². The fraction of sp³-hybridized carbons (Fsp3) is 0.353. The van der Waals surface area contributed by atoms with E-state index < -0.39 is 34.9 Å². The molecular formula is C17H17F3N2O3. The minimum Gasteiger partial charge on any atom is -0.331 e. The summed E-state index contributed by atoms with van der Waals surface area (Å²) >= 11 is 0. The number of nitrogens with zero attached hydrogens (tertiary/aromatic N) is 1. The molecule has 1 aromatic carbocycles. The Labute approximate surface area is 142 Å². The number of amides is 2. The molecule has 2 rings (SSSR count). The van der Waals surface area contributed by atoms with Gasteiger partial charge in [0.05, 0.1) is 5.57 Å². The van der Waals surface area contributed by atoms with Gasteiger partial charge in [-0.15, -0.1) is 0 Å². The van der Waals surface area contributed by atoms with Crippen molar-refractivity contribution in [3.8, 4) is 0 Å². The molecule has 2 amide bonds. The predicted molar refractivity (Wildman–Crippen MR) is 84.6 cm³/mol. The highest BCUT2D eigenvalue weighted by atomic mass is 19.4. The van der Waals surface area contributed by atoms with Gasteiger partial charge in [0.1, 0.15) is 0 Å². The van der Waals surface area contributed by atoms with Crippen molar-refractivity contribution >= 4 is 23.3 Å². The molecule has 1 aliphatic heterocycles. The molecule has 0 bridgehead atoms. The minimum absolute atomic E-state index is 0.160. The molecule has 0 radical (unpaired) electrons. The third-order valence-electron chi connectivity index (χ3n) is 4.03. The van der Waals surface area contributed by atoms with Gasteiger partial charge in [-0.2, -0.15) is 13.2 Å². The highest BCUT2D eigenvalue weighted by molar-refractivity contribution is 6.19. The SMILES string of the molecule is CC(=O)N[C@]1(C(F)(F)F)C(=O)N(c2ccc(C)cc2)C(C)=C1C(C)=O. The molecule has 5 nitrogen and oxygen atoms in total. The second-order valence-corrected chi connectivity index (χ2v) is 5.92. The smallest absolute Gasteiger partial charge is 0.331 e. The summed E-state index contributed by atoms with van der Waals surface area (Å²) in [6.45, 7) is 4.84. The molecule has 1 atom stereocenters. The molecule has 0 fully saturated rings. The maximum absolute atomic E-state index is 13.9. The standard InChI is InChI=1S/C17H17F3N2O3/c1-9-5-7-13(8-6-9)22-10(2)14(11(3)23)16(15(22)25,17(18,19)20)21-12(4)24/h5-8H,1-4H3,(H,21,24)/t16-/m0/s1. The summed E-state index contributed by atoms with van der Waals surface area (Å²) in [5.74, 6) is -3.43. The monoisotopic (exact) mass is 354 g/mol. The van der Waals surface area contributed by atoms with Gasteiger partial charge in [-0.3, -0.25) is 19.3 Å². The Balaban J connectivity index is 2.77. The van der Waals surface area contributed by atoms with Crippen LogP contribution in [0.2, 0.25) is 0 Å². The highest BCUT2D eigenvalue weighted by Crippen LogP contribution is 2.46. The van der Waals surface area contributed by atoms with Gasteiger partial charge in [0.2, 0.25) is 11.4 Å². The van der Waals surface area contributed by atoms with Crippen molar-refractivity contribution in [2.24, 2.45) is 0 Å². The molecule has 1 N–H and O–H groups in total. The fourth-order valence-corrected chi connectivity index (χ4v) is 3.05. The zero-order chi connectivity index (χ0) is 19.2. The second-order valence-electron chi connectivity index (χ2n) is 5.92. The maximum atomic E-state index is 13.9. The summed E-state index contributed by atoms with van der Waals surface area (Å²) in [5, 5.41) is 1.68. The van der Waals surface area contributed by atoms with E-state index in [1.165, 1.54) is 19.1 Å². The maximum Gasteiger partial charge on any atom is 0.425 e. The van der Waals surface area contributed by atoms with E-state index in [-0.39, 0.29) is 11.4 Å². The molecular weight excluding hydrogens is 337 g/mol. The molecule has 0 saturated heterocycles. The summed E-state index contributed by atoms with van der Waals surface area (Å²) in [5.41, 5.74) is -3.29. The first-order valence-corrected chi connectivity index (χ1v) is 7.42. The molecule has 134 valence electrons. The van der Waals surface area contributed by atoms with Crippen molar-refractivity contribution in [2.75, 3.05) is 4.90 Å². The van der Waals surface area contributed by atoms with E-state index in [0.717, 1.165) is 24.3 Å². The van der Waals surface area contributed by atoms with Crippen LogP contribution in [0.1, 0.15) is 26.3 Å². The summed E-state index contributed by atoms with van der Waals surface area (Å²) < 4.78 is 41.7. The van der Waals surface area contributed by atoms with Crippen LogP contribution in [0.15, 0.2) is 35.5 Å². The van der Waals surface area contributed by atoms with Crippen molar-refractivity contribution in [2.45, 2.75) is 39.4 Å². The average Bonchev–Trinajstić information content (AvgIpc) is 2.68. The zero-order valence-corrected chi connectivity index (χ0v) is 14.1. The van der Waals surface area contributed by atoms with Crippen LogP contribution in [0.25, 0.3) is 0 Å². The van der Waals surface area contributed by atoms with Crippen molar-refractivity contribution in [3.63, 3.8) is 0 Å². The van der Waals surface area contributed by atoms with Gasteiger partial charge in [0.15, 0.2) is 5.78 Å². The van der Waals surface area contributed by atoms with Gasteiger partial charge in [0.25, 0.3) is 5.91 Å². The number of aryl methyl sites for hydroxylation is 1. The van der Waals surface area contributed by atoms with E-state index in [4.69, 9.17) is 0 Å². The number of ketones is 1. The number of halogens is 3. The minimum atomic E-state index is -5.18. The molecule has 1 aromatic rings. The number of rotatable bonds is 3. The molecule has 0 unspecified atom stereocenters. The van der Waals surface area contributed by atoms with E-state index in [1.807, 2.05) is 0 Å². The molecule has 0 saturated carbocycles. The van der Waals surface area contributed by atoms with Crippen molar-refractivity contribution in [1.82, 2.24) is 5.32 Å². The lowest BCUT2D eigenvalue weighted by Gasteiger charge is -2.32. The van der Waals surface area contributed by atoms with E-state index in [0.29, 0.717) is 0 Å². The summed E-state index contributed by atoms with van der Waals surface area (Å²) in [6, 6.07) is 6.23. The molecule has 1 aliphatic rings. The van der Waals surface area contributed by atoms with Crippen LogP contribution in [0, 0.1) is 6.92 Å². The molecule has 1 heterocycles. The van der Waals surface area contributed by atoms with Crippen molar-refractivity contribution < 1.29 is 27.6 Å². The van der Waals surface area contributed by atoms with Crippen molar-refractivity contribution in [3.05, 3.63) is 41.1 Å². The zero-order valence-electron chi connectivity index (χ0n) is 14.1. The van der Waals surface area contributed by atoms with Crippen LogP contribution < -0.4 is 10.2 Å². The third kappa shape index (κ3) is 2.81. The van der Waals surface area contributed by atoms with Gasteiger partial charge in [0, 0.05) is 18.3 Å². The molecule has 0 spiro atoms. The fourth-order valence-electron chi connectivity index (χ4n) is 3.05. The number of benzene rings is 1. The number of anilines is 1. The van der Waals surface area contributed by atoms with Gasteiger partial charge in [-0.1, -0.05) is 17.7 Å². The van der Waals surface area contributed by atoms with Crippen LogP contribution in [-0.4, -0.2) is 29.3 Å². The lowest BCUT2D eigenvalue weighted by molar-refractivity contribution is -0.189. The quantitative estimate of drug-likeness (QED) is 0.907. The van der Waals surface area contributed by atoms with Crippen LogP contribution >= 0.6 is 0 Å². The Kier molecular flexibility index (Phi) is 4.50. The summed E-state index contributed by atoms with van der Waals surface area (Å²) in [7, 11) is 0.